The van der Waals surface area contributed by atoms with Gasteiger partial charge in [0, 0.05) is 46.7 Å². The quantitative estimate of drug-likeness (QED) is 0.0876. The zero-order valence-corrected chi connectivity index (χ0v) is 40.9. The molecule has 16 heteroatoms. The van der Waals surface area contributed by atoms with Crippen LogP contribution in [0.1, 0.15) is 117 Å². The fourth-order valence-electron chi connectivity index (χ4n) is 11.3. The summed E-state index contributed by atoms with van der Waals surface area (Å²) in [6, 6.07) is 22.4. The number of nitrogens with zero attached hydrogens (tertiary/aromatic N) is 3. The smallest absolute Gasteiger partial charge is 0.355 e. The highest BCUT2D eigenvalue weighted by atomic mass is 32.1. The molecule has 13 nitrogen and oxygen atoms in total. The summed E-state index contributed by atoms with van der Waals surface area (Å²) in [6.07, 6.45) is 8.25. The fourth-order valence-corrected chi connectivity index (χ4v) is 14.2. The lowest BCUT2D eigenvalue weighted by Crippen LogP contribution is -2.59. The van der Waals surface area contributed by atoms with Crippen LogP contribution in [0.25, 0.3) is 10.1 Å². The van der Waals surface area contributed by atoms with Crippen LogP contribution in [0.15, 0.2) is 84.9 Å². The molecular formula is C52H63FN5O8PS. The van der Waals surface area contributed by atoms with E-state index in [2.05, 4.69) is 58.4 Å². The minimum Gasteiger partial charge on any atom is -0.461 e. The van der Waals surface area contributed by atoms with Crippen molar-refractivity contribution in [3.63, 3.8) is 0 Å². The maximum atomic E-state index is 16.8. The molecule has 3 aromatic carbocycles. The highest BCUT2D eigenvalue weighted by Gasteiger charge is 2.59. The van der Waals surface area contributed by atoms with Crippen LogP contribution in [0.2, 0.25) is 0 Å². The number of alkyl halides is 1. The van der Waals surface area contributed by atoms with Crippen LogP contribution in [-0.4, -0.2) is 114 Å². The number of thiophene rings is 1. The van der Waals surface area contributed by atoms with Crippen molar-refractivity contribution in [1.29, 1.82) is 0 Å². The van der Waals surface area contributed by atoms with Gasteiger partial charge in [-0.05, 0) is 131 Å². The first-order valence-electron chi connectivity index (χ1n) is 24.5. The van der Waals surface area contributed by atoms with E-state index in [9.17, 15) is 18.9 Å². The maximum absolute atomic E-state index is 16.8. The summed E-state index contributed by atoms with van der Waals surface area (Å²) < 4.78 is 49.1. The molecule has 5 heterocycles. The number of ether oxygens (including phenoxy) is 2. The van der Waals surface area contributed by atoms with Crippen molar-refractivity contribution in [1.82, 2.24) is 25.1 Å². The molecule has 1 spiro atoms. The number of benzene rings is 3. The summed E-state index contributed by atoms with van der Waals surface area (Å²) in [4.78, 5) is 63.9. The van der Waals surface area contributed by atoms with Crippen molar-refractivity contribution in [3.8, 4) is 5.75 Å². The third-order valence-corrected chi connectivity index (χ3v) is 18.7. The van der Waals surface area contributed by atoms with Crippen LogP contribution < -0.4 is 14.9 Å². The topological polar surface area (TPSA) is 147 Å². The van der Waals surface area contributed by atoms with Crippen LogP contribution in [0.3, 0.4) is 0 Å². The number of likely N-dealkylation sites (tertiary alicyclic amines) is 1. The normalized spacial score (nSPS) is 27.0. The van der Waals surface area contributed by atoms with E-state index in [4.69, 9.17) is 14.0 Å². The van der Waals surface area contributed by atoms with Crippen molar-refractivity contribution in [3.05, 3.63) is 101 Å². The average Bonchev–Trinajstić information content (AvgIpc) is 3.58. The number of rotatable bonds is 15. The van der Waals surface area contributed by atoms with Crippen molar-refractivity contribution in [2.45, 2.75) is 138 Å². The van der Waals surface area contributed by atoms with E-state index in [1.54, 1.807) is 48.5 Å². The Morgan fingerprint density at radius 1 is 0.971 bits per heavy atom. The maximum Gasteiger partial charge on any atom is 0.355 e. The number of esters is 1. The van der Waals surface area contributed by atoms with Crippen LogP contribution in [-0.2, 0) is 28.4 Å². The Hall–Kier alpha value is -4.66. The van der Waals surface area contributed by atoms with Gasteiger partial charge in [0.15, 0.2) is 0 Å². The predicted molar refractivity (Wildman–Crippen MR) is 258 cm³/mol. The van der Waals surface area contributed by atoms with Crippen molar-refractivity contribution in [2.24, 2.45) is 5.41 Å². The second-order valence-corrected chi connectivity index (χ2v) is 23.9. The van der Waals surface area contributed by atoms with E-state index in [1.807, 2.05) is 11.0 Å². The molecule has 0 bridgehead atoms. The second kappa shape index (κ2) is 18.9. The van der Waals surface area contributed by atoms with Crippen LogP contribution in [0, 0.1) is 5.41 Å². The number of amides is 3. The number of carbonyl (C=O) groups excluding carboxylic acids is 4. The number of carbonyl (C=O) groups is 4. The predicted octanol–water partition coefficient (Wildman–Crippen LogP) is 8.74. The third kappa shape index (κ3) is 9.50. The minimum atomic E-state index is -4.47. The molecule has 2 saturated carbocycles. The first kappa shape index (κ1) is 47.0. The van der Waals surface area contributed by atoms with Crippen LogP contribution in [0.4, 0.5) is 4.39 Å². The highest BCUT2D eigenvalue weighted by Crippen LogP contribution is 2.58. The highest BCUT2D eigenvalue weighted by molar-refractivity contribution is 7.57. The van der Waals surface area contributed by atoms with Gasteiger partial charge in [0.2, 0.25) is 17.7 Å². The Labute approximate surface area is 401 Å². The van der Waals surface area contributed by atoms with Crippen molar-refractivity contribution >= 4 is 52.6 Å². The van der Waals surface area contributed by atoms with Gasteiger partial charge in [0.1, 0.15) is 30.0 Å². The molecule has 0 radical (unpaired) electrons. The van der Waals surface area contributed by atoms with Crippen LogP contribution >= 0.6 is 18.9 Å². The molecule has 2 aliphatic carbocycles. The van der Waals surface area contributed by atoms with E-state index in [0.29, 0.717) is 60.4 Å². The lowest BCUT2D eigenvalue weighted by molar-refractivity contribution is -0.154. The SMILES string of the molecule is C[C@H](N[P@](=O)(Oc1ccccc1)[C@@H](F)c1ccc2sc(C(=O)NC3CC[C@H](N(C)CC4(C)COC4)C[C@H]4CCC(C(=O)N5C[C@H](c6ccccc6)CC56CC6)N4C3=O)cc2c1)C(=O)OC1CCC1. The largest absolute Gasteiger partial charge is 0.461 e. The Kier molecular flexibility index (Phi) is 13.1. The Morgan fingerprint density at radius 2 is 1.71 bits per heavy atom. The molecule has 4 aliphatic heterocycles. The minimum absolute atomic E-state index is 0.0231. The molecule has 2 unspecified atom stereocenters. The molecular weight excluding hydrogens is 905 g/mol. The Bertz CT molecular complexity index is 2570. The van der Waals surface area contributed by atoms with Gasteiger partial charge in [-0.15, -0.1) is 11.3 Å². The number of nitrogens with one attached hydrogen (secondary N) is 2. The van der Waals surface area contributed by atoms with E-state index in [-0.39, 0.29) is 58.2 Å². The molecule has 68 heavy (non-hydrogen) atoms. The Morgan fingerprint density at radius 3 is 2.38 bits per heavy atom. The van der Waals surface area contributed by atoms with E-state index in [1.165, 1.54) is 29.9 Å². The molecule has 4 saturated heterocycles. The van der Waals surface area contributed by atoms with E-state index >= 15 is 9.18 Å². The van der Waals surface area contributed by atoms with Crippen molar-refractivity contribution in [2.75, 3.05) is 33.4 Å². The van der Waals surface area contributed by atoms with Gasteiger partial charge in [0.25, 0.3) is 5.91 Å². The van der Waals surface area contributed by atoms with Gasteiger partial charge in [-0.3, -0.25) is 23.7 Å². The number of hydrogen-bond acceptors (Lipinski definition) is 10. The molecule has 3 amide bonds. The van der Waals surface area contributed by atoms with Gasteiger partial charge >= 0.3 is 13.5 Å². The summed E-state index contributed by atoms with van der Waals surface area (Å²) in [6.45, 7) is 6.59. The molecule has 362 valence electrons. The zero-order chi connectivity index (χ0) is 47.4. The molecule has 4 aromatic rings. The lowest BCUT2D eigenvalue weighted by Gasteiger charge is -2.45. The second-order valence-electron chi connectivity index (χ2n) is 20.8. The summed E-state index contributed by atoms with van der Waals surface area (Å²) in [7, 11) is -2.33. The number of fused-ring (bicyclic) bond motifs is 2. The van der Waals surface area contributed by atoms with E-state index in [0.717, 1.165) is 51.5 Å². The van der Waals surface area contributed by atoms with Gasteiger partial charge in [-0.25, -0.2) is 9.48 Å². The van der Waals surface area contributed by atoms with Gasteiger partial charge in [0.05, 0.1) is 18.1 Å². The zero-order valence-electron chi connectivity index (χ0n) is 39.1. The summed E-state index contributed by atoms with van der Waals surface area (Å²) >= 11 is 1.21. The van der Waals surface area contributed by atoms with Gasteiger partial charge in [-0.1, -0.05) is 61.5 Å². The number of hydrogen-bond donors (Lipinski definition) is 2. The van der Waals surface area contributed by atoms with Crippen LogP contribution in [0.5, 0.6) is 5.75 Å². The monoisotopic (exact) mass is 967 g/mol. The fraction of sp³-hybridized carbons (Fsp3) is 0.538. The standard InChI is InChI=1S/C52H63FN5O8PS/c1-33(50(62)65-40-15-10-16-40)55-67(63,66-41-13-8-5-9-14-41)46(53)35-17-22-44-36(25-35)26-45(68-44)47(59)54-42-20-18-38(56(3)30-51(2)31-64-32-51)27-39-19-21-43(58(39)48(42)60)49(61)57-29-37(28-52(57)23-24-52)34-11-6-4-7-12-34/h4-9,11-14,17,22,25-26,33,37-40,42-43,46H,10,15-16,18-21,23-24,27-32H2,1-3H3,(H,54,59)(H,55,63)/t33-,37+,38-,39+,42?,43?,46+,67+/m0/s1. The first-order chi connectivity index (χ1) is 32.7. The first-order valence-corrected chi connectivity index (χ1v) is 27.0. The lowest BCUT2D eigenvalue weighted by atomic mass is 9.86. The van der Waals surface area contributed by atoms with E-state index < -0.39 is 43.4 Å². The van der Waals surface area contributed by atoms with Gasteiger partial charge in [-0.2, -0.15) is 0 Å². The summed E-state index contributed by atoms with van der Waals surface area (Å²) in [5.41, 5.74) is 1.16. The molecule has 6 fully saturated rings. The molecule has 1 aromatic heterocycles. The average molecular weight is 968 g/mol. The van der Waals surface area contributed by atoms with Gasteiger partial charge < -0.3 is 34.0 Å². The summed E-state index contributed by atoms with van der Waals surface area (Å²) in [5, 5.41) is 6.32. The molecule has 2 N–H and O–H groups in total. The van der Waals surface area contributed by atoms with Crippen molar-refractivity contribution < 1.29 is 42.1 Å². The molecule has 6 aliphatic rings. The number of halogens is 1. The molecule has 10 rings (SSSR count). The third-order valence-electron chi connectivity index (χ3n) is 15.5. The molecule has 8 atom stereocenters. The Balaban J connectivity index is 0.886. The summed E-state index contributed by atoms with van der Waals surface area (Å²) in [5.74, 6) is -3.05. The number of para-hydroxylation sites is 1.